The van der Waals surface area contributed by atoms with Crippen LogP contribution in [-0.2, 0) is 0 Å². The molecule has 0 aromatic rings. The minimum atomic E-state index is -0.260. The summed E-state index contributed by atoms with van der Waals surface area (Å²) in [7, 11) is 0. The van der Waals surface area contributed by atoms with Gasteiger partial charge in [-0.05, 0) is 13.3 Å². The van der Waals surface area contributed by atoms with Gasteiger partial charge in [-0.1, -0.05) is 20.8 Å². The van der Waals surface area contributed by atoms with Crippen LogP contribution in [0, 0.1) is 0 Å². The van der Waals surface area contributed by atoms with Crippen molar-refractivity contribution in [2.45, 2.75) is 40.2 Å². The molecular weight excluding hydrogens is 129 g/mol. The van der Waals surface area contributed by atoms with Crippen LogP contribution in [0.1, 0.15) is 34.1 Å². The lowest BCUT2D eigenvalue weighted by molar-refractivity contribution is 0.435. The smallest absolute Gasteiger partial charge is 0.102 e. The number of hydrogen-bond donors (Lipinski definition) is 1. The molecule has 1 nitrogen and oxygen atoms in total. The van der Waals surface area contributed by atoms with Crippen LogP contribution < -0.4 is 5.32 Å². The van der Waals surface area contributed by atoms with E-state index in [0.717, 1.165) is 6.42 Å². The highest BCUT2D eigenvalue weighted by Crippen LogP contribution is 1.85. The lowest BCUT2D eigenvalue weighted by atomic mass is 10.3. The van der Waals surface area contributed by atoms with Gasteiger partial charge in [0.2, 0.25) is 0 Å². The fourth-order valence-electron chi connectivity index (χ4n) is 0.445. The van der Waals surface area contributed by atoms with E-state index in [1.54, 1.807) is 0 Å². The van der Waals surface area contributed by atoms with E-state index < -0.39 is 0 Å². The van der Waals surface area contributed by atoms with Gasteiger partial charge in [0.25, 0.3) is 0 Å². The highest BCUT2D eigenvalue weighted by atomic mass is 19.1. The molecular formula is C8H20FN. The lowest BCUT2D eigenvalue weighted by Crippen LogP contribution is -2.26. The molecule has 0 saturated carbocycles. The molecule has 1 unspecified atom stereocenters. The van der Waals surface area contributed by atoms with Crippen LogP contribution in [0.5, 0.6) is 0 Å². The van der Waals surface area contributed by atoms with E-state index in [9.17, 15) is 4.39 Å². The molecule has 0 fully saturated rings. The second-order valence-corrected chi connectivity index (χ2v) is 1.95. The zero-order valence-corrected chi connectivity index (χ0v) is 7.58. The molecule has 10 heavy (non-hydrogen) atoms. The van der Waals surface area contributed by atoms with Gasteiger partial charge >= 0.3 is 0 Å². The summed E-state index contributed by atoms with van der Waals surface area (Å²) in [4.78, 5) is 0. The molecule has 0 heterocycles. The number of hydrogen-bond acceptors (Lipinski definition) is 1. The normalized spacial score (nSPS) is 11.7. The number of alkyl halides is 1. The topological polar surface area (TPSA) is 12.0 Å². The summed E-state index contributed by atoms with van der Waals surface area (Å²) in [6, 6.07) is 0.464. The molecule has 1 atom stereocenters. The highest BCUT2D eigenvalue weighted by molar-refractivity contribution is 4.55. The van der Waals surface area contributed by atoms with Crippen molar-refractivity contribution in [1.82, 2.24) is 5.32 Å². The largest absolute Gasteiger partial charge is 0.312 e. The first-order valence-electron chi connectivity index (χ1n) is 4.10. The molecule has 0 aliphatic carbocycles. The van der Waals surface area contributed by atoms with Gasteiger partial charge in [0.1, 0.15) is 6.67 Å². The Labute approximate surface area is 64.0 Å². The third-order valence-electron chi connectivity index (χ3n) is 1.20. The SMILES string of the molecule is CC.CCC(C)NCCF. The summed E-state index contributed by atoms with van der Waals surface area (Å²) >= 11 is 0. The highest BCUT2D eigenvalue weighted by Gasteiger charge is 1.93. The second-order valence-electron chi connectivity index (χ2n) is 1.95. The Morgan fingerprint density at radius 1 is 1.40 bits per heavy atom. The van der Waals surface area contributed by atoms with Crippen LogP contribution in [0.3, 0.4) is 0 Å². The maximum absolute atomic E-state index is 11.4. The Bertz CT molecular complexity index is 48.5. The maximum Gasteiger partial charge on any atom is 0.102 e. The zero-order chi connectivity index (χ0) is 8.41. The average molecular weight is 149 g/mol. The van der Waals surface area contributed by atoms with E-state index in [4.69, 9.17) is 0 Å². The molecule has 0 amide bonds. The van der Waals surface area contributed by atoms with E-state index in [1.807, 2.05) is 13.8 Å². The van der Waals surface area contributed by atoms with Crippen LogP contribution >= 0.6 is 0 Å². The molecule has 0 aromatic heterocycles. The van der Waals surface area contributed by atoms with Crippen LogP contribution in [0.2, 0.25) is 0 Å². The molecule has 0 spiro atoms. The summed E-state index contributed by atoms with van der Waals surface area (Å²) in [5, 5.41) is 3.01. The standard InChI is InChI=1S/C6H14FN.C2H6/c1-3-6(2)8-5-4-7;1-2/h6,8H,3-5H2,1-2H3;1-2H3. The minimum Gasteiger partial charge on any atom is -0.312 e. The van der Waals surface area contributed by atoms with Crippen LogP contribution in [0.15, 0.2) is 0 Å². The van der Waals surface area contributed by atoms with Gasteiger partial charge in [0.05, 0.1) is 0 Å². The van der Waals surface area contributed by atoms with Gasteiger partial charge < -0.3 is 5.32 Å². The molecule has 0 aliphatic rings. The summed E-state index contributed by atoms with van der Waals surface area (Å²) in [5.41, 5.74) is 0. The van der Waals surface area contributed by atoms with Gasteiger partial charge in [-0.25, -0.2) is 4.39 Å². The van der Waals surface area contributed by atoms with Crippen molar-refractivity contribution < 1.29 is 4.39 Å². The molecule has 0 rings (SSSR count). The van der Waals surface area contributed by atoms with E-state index in [0.29, 0.717) is 12.6 Å². The van der Waals surface area contributed by atoms with E-state index in [1.165, 1.54) is 0 Å². The molecule has 0 aliphatic heterocycles. The molecule has 0 radical (unpaired) electrons. The lowest BCUT2D eigenvalue weighted by Gasteiger charge is -2.07. The van der Waals surface area contributed by atoms with Gasteiger partial charge in [0, 0.05) is 12.6 Å². The first-order chi connectivity index (χ1) is 4.81. The van der Waals surface area contributed by atoms with Crippen molar-refractivity contribution in [2.24, 2.45) is 0 Å². The number of rotatable bonds is 4. The van der Waals surface area contributed by atoms with Crippen molar-refractivity contribution >= 4 is 0 Å². The number of halogens is 1. The molecule has 0 aromatic carbocycles. The van der Waals surface area contributed by atoms with Crippen molar-refractivity contribution in [3.8, 4) is 0 Å². The van der Waals surface area contributed by atoms with Gasteiger partial charge in [0.15, 0.2) is 0 Å². The van der Waals surface area contributed by atoms with Gasteiger partial charge in [-0.15, -0.1) is 0 Å². The first kappa shape index (κ1) is 12.6. The molecule has 0 bridgehead atoms. The fraction of sp³-hybridized carbons (Fsp3) is 1.00. The predicted molar refractivity (Wildman–Crippen MR) is 45.1 cm³/mol. The first-order valence-corrected chi connectivity index (χ1v) is 4.10. The molecule has 1 N–H and O–H groups in total. The van der Waals surface area contributed by atoms with Crippen LogP contribution in [0.4, 0.5) is 4.39 Å². The monoisotopic (exact) mass is 149 g/mol. The molecule has 2 heteroatoms. The Balaban J connectivity index is 0. The zero-order valence-electron chi connectivity index (χ0n) is 7.58. The van der Waals surface area contributed by atoms with Crippen molar-refractivity contribution in [2.75, 3.05) is 13.2 Å². The van der Waals surface area contributed by atoms with E-state index >= 15 is 0 Å². The summed E-state index contributed by atoms with van der Waals surface area (Å²) in [5.74, 6) is 0. The van der Waals surface area contributed by atoms with Gasteiger partial charge in [-0.3, -0.25) is 0 Å². The third kappa shape index (κ3) is 10.8. The Morgan fingerprint density at radius 3 is 2.20 bits per heavy atom. The van der Waals surface area contributed by atoms with E-state index in [2.05, 4.69) is 19.2 Å². The summed E-state index contributed by atoms with van der Waals surface area (Å²) < 4.78 is 11.4. The molecule has 0 saturated heterocycles. The predicted octanol–water partition coefficient (Wildman–Crippen LogP) is 2.37. The van der Waals surface area contributed by atoms with Crippen molar-refractivity contribution in [3.05, 3.63) is 0 Å². The Kier molecular flexibility index (Phi) is 14.6. The Hall–Kier alpha value is -0.110. The minimum absolute atomic E-state index is 0.260. The quantitative estimate of drug-likeness (QED) is 0.647. The molecule has 64 valence electrons. The summed E-state index contributed by atoms with van der Waals surface area (Å²) in [6.45, 7) is 8.37. The third-order valence-corrected chi connectivity index (χ3v) is 1.20. The van der Waals surface area contributed by atoms with Crippen LogP contribution in [-0.4, -0.2) is 19.3 Å². The number of nitrogens with one attached hydrogen (secondary N) is 1. The van der Waals surface area contributed by atoms with Crippen molar-refractivity contribution in [1.29, 1.82) is 0 Å². The average Bonchev–Trinajstić information content (AvgIpc) is 2.04. The van der Waals surface area contributed by atoms with E-state index in [-0.39, 0.29) is 6.67 Å². The second kappa shape index (κ2) is 11.7. The van der Waals surface area contributed by atoms with Crippen molar-refractivity contribution in [3.63, 3.8) is 0 Å². The Morgan fingerprint density at radius 2 is 1.90 bits per heavy atom. The maximum atomic E-state index is 11.4. The van der Waals surface area contributed by atoms with Crippen LogP contribution in [0.25, 0.3) is 0 Å². The fourth-order valence-corrected chi connectivity index (χ4v) is 0.445. The van der Waals surface area contributed by atoms with Gasteiger partial charge in [-0.2, -0.15) is 0 Å². The summed E-state index contributed by atoms with van der Waals surface area (Å²) in [6.07, 6.45) is 1.07.